The average Bonchev–Trinajstić information content (AvgIpc) is 2.31. The molecule has 1 heterocycles. The molecule has 1 aliphatic heterocycles. The van der Waals surface area contributed by atoms with Gasteiger partial charge in [-0.05, 0) is 0 Å². The molecule has 2 atom stereocenters. The fourth-order valence-electron chi connectivity index (χ4n) is 1.05. The molecule has 0 aromatic rings. The van der Waals surface area contributed by atoms with Gasteiger partial charge >= 0.3 is 6.09 Å². The second-order valence-corrected chi connectivity index (χ2v) is 2.51. The Hall–Kier alpha value is -0.810. The summed E-state index contributed by atoms with van der Waals surface area (Å²) in [4.78, 5) is 12.0. The van der Waals surface area contributed by atoms with E-state index in [0.29, 0.717) is 0 Å². The quantitative estimate of drug-likeness (QED) is 0.467. The van der Waals surface area contributed by atoms with E-state index in [1.165, 1.54) is 12.0 Å². The van der Waals surface area contributed by atoms with Crippen molar-refractivity contribution in [1.82, 2.24) is 4.90 Å². The van der Waals surface area contributed by atoms with Gasteiger partial charge in [-0.15, -0.1) is 0 Å². The Morgan fingerprint density at radius 1 is 1.45 bits per heavy atom. The molecule has 0 bridgehead atoms. The highest BCUT2D eigenvalue weighted by Crippen LogP contribution is 2.10. The maximum atomic E-state index is 10.8. The standard InChI is InChI=1S/C6H11NO4/c1-11-6(10)7-2-4(8)5(9)3-7/h4-5,8-9H,2-3H2,1H3. The van der Waals surface area contributed by atoms with Crippen molar-refractivity contribution in [2.24, 2.45) is 0 Å². The van der Waals surface area contributed by atoms with Gasteiger partial charge in [-0.1, -0.05) is 0 Å². The van der Waals surface area contributed by atoms with Gasteiger partial charge in [0, 0.05) is 0 Å². The number of carbonyl (C=O) groups is 1. The van der Waals surface area contributed by atoms with Gasteiger partial charge in [0.05, 0.1) is 32.4 Å². The number of rotatable bonds is 0. The van der Waals surface area contributed by atoms with E-state index >= 15 is 0 Å². The minimum atomic E-state index is -0.839. The first-order valence-electron chi connectivity index (χ1n) is 3.34. The van der Waals surface area contributed by atoms with E-state index in [0.717, 1.165) is 0 Å². The normalized spacial score (nSPS) is 30.6. The molecule has 0 radical (unpaired) electrons. The number of ether oxygens (including phenoxy) is 1. The van der Waals surface area contributed by atoms with Crippen molar-refractivity contribution in [3.63, 3.8) is 0 Å². The van der Waals surface area contributed by atoms with Crippen LogP contribution in [-0.4, -0.2) is 53.6 Å². The van der Waals surface area contributed by atoms with Gasteiger partial charge < -0.3 is 19.8 Å². The van der Waals surface area contributed by atoms with Gasteiger partial charge in [0.1, 0.15) is 0 Å². The topological polar surface area (TPSA) is 70.0 Å². The zero-order valence-corrected chi connectivity index (χ0v) is 6.23. The molecule has 5 nitrogen and oxygen atoms in total. The Balaban J connectivity index is 2.46. The van der Waals surface area contributed by atoms with Crippen molar-refractivity contribution in [3.05, 3.63) is 0 Å². The van der Waals surface area contributed by atoms with Crippen LogP contribution in [0, 0.1) is 0 Å². The van der Waals surface area contributed by atoms with Crippen LogP contribution in [-0.2, 0) is 4.74 Å². The van der Waals surface area contributed by atoms with Crippen molar-refractivity contribution >= 4 is 6.09 Å². The first kappa shape index (κ1) is 8.29. The summed E-state index contributed by atoms with van der Waals surface area (Å²) < 4.78 is 4.40. The average molecular weight is 161 g/mol. The molecule has 0 aromatic carbocycles. The minimum absolute atomic E-state index is 0.147. The fraction of sp³-hybridized carbons (Fsp3) is 0.833. The first-order valence-corrected chi connectivity index (χ1v) is 3.34. The van der Waals surface area contributed by atoms with Crippen molar-refractivity contribution in [2.75, 3.05) is 20.2 Å². The van der Waals surface area contributed by atoms with E-state index in [-0.39, 0.29) is 13.1 Å². The smallest absolute Gasteiger partial charge is 0.409 e. The summed E-state index contributed by atoms with van der Waals surface area (Å²) in [6.45, 7) is 0.293. The number of β-amino-alcohol motifs (C(OH)–C–C–N with tert-alkyl or cyclic N) is 2. The number of likely N-dealkylation sites (tertiary alicyclic amines) is 1. The summed E-state index contributed by atoms with van der Waals surface area (Å²) in [5, 5.41) is 18.0. The largest absolute Gasteiger partial charge is 0.453 e. The highest BCUT2D eigenvalue weighted by atomic mass is 16.5. The summed E-state index contributed by atoms with van der Waals surface area (Å²) in [7, 11) is 1.26. The Morgan fingerprint density at radius 2 is 1.91 bits per heavy atom. The lowest BCUT2D eigenvalue weighted by Gasteiger charge is -2.12. The van der Waals surface area contributed by atoms with Crippen molar-refractivity contribution in [3.8, 4) is 0 Å². The predicted octanol–water partition coefficient (Wildman–Crippen LogP) is -1.21. The maximum absolute atomic E-state index is 10.8. The lowest BCUT2D eigenvalue weighted by atomic mass is 10.3. The first-order chi connectivity index (χ1) is 5.15. The SMILES string of the molecule is COC(=O)N1CC(O)C(O)C1. The van der Waals surface area contributed by atoms with E-state index in [1.807, 2.05) is 0 Å². The molecular formula is C6H11NO4. The van der Waals surface area contributed by atoms with Crippen LogP contribution in [0.1, 0.15) is 0 Å². The molecule has 1 aliphatic rings. The lowest BCUT2D eigenvalue weighted by molar-refractivity contribution is 0.0572. The molecule has 5 heteroatoms. The van der Waals surface area contributed by atoms with Crippen LogP contribution in [0.3, 0.4) is 0 Å². The fourth-order valence-corrected chi connectivity index (χ4v) is 1.05. The van der Waals surface area contributed by atoms with E-state index in [1.54, 1.807) is 0 Å². The Labute approximate surface area is 64.2 Å². The lowest BCUT2D eigenvalue weighted by Crippen LogP contribution is -2.29. The number of aliphatic hydroxyl groups excluding tert-OH is 2. The molecule has 2 unspecified atom stereocenters. The summed E-state index contributed by atoms with van der Waals surface area (Å²) >= 11 is 0. The van der Waals surface area contributed by atoms with Gasteiger partial charge in [-0.3, -0.25) is 0 Å². The second kappa shape index (κ2) is 3.06. The number of nitrogens with zero attached hydrogens (tertiary/aromatic N) is 1. The number of aliphatic hydroxyl groups is 2. The van der Waals surface area contributed by atoms with E-state index in [2.05, 4.69) is 4.74 Å². The Bertz CT molecular complexity index is 151. The van der Waals surface area contributed by atoms with Gasteiger partial charge in [0.25, 0.3) is 0 Å². The van der Waals surface area contributed by atoms with Gasteiger partial charge in [0.15, 0.2) is 0 Å². The summed E-state index contributed by atoms with van der Waals surface area (Å²) in [5.74, 6) is 0. The molecule has 0 aliphatic carbocycles. The van der Waals surface area contributed by atoms with Crippen LogP contribution in [0.4, 0.5) is 4.79 Å². The number of hydrogen-bond acceptors (Lipinski definition) is 4. The van der Waals surface area contributed by atoms with Crippen molar-refractivity contribution in [1.29, 1.82) is 0 Å². The molecule has 2 N–H and O–H groups in total. The van der Waals surface area contributed by atoms with E-state index in [4.69, 9.17) is 10.2 Å². The molecule has 1 amide bonds. The second-order valence-electron chi connectivity index (χ2n) is 2.51. The summed E-state index contributed by atoms with van der Waals surface area (Å²) in [6, 6.07) is 0. The molecular weight excluding hydrogens is 150 g/mol. The third kappa shape index (κ3) is 1.61. The van der Waals surface area contributed by atoms with Crippen LogP contribution in [0.25, 0.3) is 0 Å². The molecule has 1 fully saturated rings. The summed E-state index contributed by atoms with van der Waals surface area (Å²) in [5.41, 5.74) is 0. The highest BCUT2D eigenvalue weighted by molar-refractivity contribution is 5.67. The number of hydrogen-bond donors (Lipinski definition) is 2. The number of carbonyl (C=O) groups excluding carboxylic acids is 1. The molecule has 0 saturated carbocycles. The highest BCUT2D eigenvalue weighted by Gasteiger charge is 2.32. The maximum Gasteiger partial charge on any atom is 0.409 e. The van der Waals surface area contributed by atoms with Crippen LogP contribution in [0.2, 0.25) is 0 Å². The molecule has 0 spiro atoms. The monoisotopic (exact) mass is 161 g/mol. The van der Waals surface area contributed by atoms with Crippen molar-refractivity contribution in [2.45, 2.75) is 12.2 Å². The van der Waals surface area contributed by atoms with Gasteiger partial charge in [-0.25, -0.2) is 4.79 Å². The van der Waals surface area contributed by atoms with E-state index < -0.39 is 18.3 Å². The molecule has 11 heavy (non-hydrogen) atoms. The Kier molecular flexibility index (Phi) is 2.31. The zero-order chi connectivity index (χ0) is 8.43. The third-order valence-electron chi connectivity index (χ3n) is 1.69. The molecule has 1 saturated heterocycles. The third-order valence-corrected chi connectivity index (χ3v) is 1.69. The number of amides is 1. The van der Waals surface area contributed by atoms with Crippen molar-refractivity contribution < 1.29 is 19.7 Å². The van der Waals surface area contributed by atoms with Crippen LogP contribution >= 0.6 is 0 Å². The van der Waals surface area contributed by atoms with Crippen LogP contribution in [0.5, 0.6) is 0 Å². The van der Waals surface area contributed by atoms with Crippen LogP contribution in [0.15, 0.2) is 0 Å². The minimum Gasteiger partial charge on any atom is -0.453 e. The van der Waals surface area contributed by atoms with Crippen LogP contribution < -0.4 is 0 Å². The predicted molar refractivity (Wildman–Crippen MR) is 36.0 cm³/mol. The summed E-state index contributed by atoms with van der Waals surface area (Å²) in [6.07, 6.45) is -2.19. The number of methoxy groups -OCH3 is 1. The molecule has 0 aromatic heterocycles. The Morgan fingerprint density at radius 3 is 2.27 bits per heavy atom. The zero-order valence-electron chi connectivity index (χ0n) is 6.23. The van der Waals surface area contributed by atoms with E-state index in [9.17, 15) is 4.79 Å². The van der Waals surface area contributed by atoms with Gasteiger partial charge in [-0.2, -0.15) is 0 Å². The molecule has 64 valence electrons. The molecule has 1 rings (SSSR count). The van der Waals surface area contributed by atoms with Gasteiger partial charge in [0.2, 0.25) is 0 Å².